The second-order valence-electron chi connectivity index (χ2n) is 20.0. The van der Waals surface area contributed by atoms with Crippen LogP contribution in [0.5, 0.6) is 0 Å². The minimum absolute atomic E-state index is 0.0114. The number of hydrogen-bond donors (Lipinski definition) is 2. The fraction of sp³-hybridized carbons (Fsp3) is 0.448. The summed E-state index contributed by atoms with van der Waals surface area (Å²) in [5, 5.41) is 5.29. The Kier molecular flexibility index (Phi) is 34.3. The lowest BCUT2D eigenvalue weighted by Gasteiger charge is -2.32. The van der Waals surface area contributed by atoms with Crippen LogP contribution < -0.4 is 20.4 Å². The highest BCUT2D eigenvalue weighted by molar-refractivity contribution is 14.1. The first-order valence-corrected chi connectivity index (χ1v) is 33.8. The minimum Gasteiger partial charge on any atom is -0.462 e. The van der Waals surface area contributed by atoms with E-state index in [9.17, 15) is 57.5 Å². The van der Waals surface area contributed by atoms with Gasteiger partial charge < -0.3 is 72.9 Å². The summed E-state index contributed by atoms with van der Waals surface area (Å²) in [7, 11) is 5.16. The van der Waals surface area contributed by atoms with Crippen LogP contribution >= 0.6 is 136 Å². The van der Waals surface area contributed by atoms with Crippen LogP contribution in [0.15, 0.2) is 30.3 Å². The number of carbonyl (C=O) groups excluding carboxylic acids is 14. The van der Waals surface area contributed by atoms with E-state index in [1.807, 2.05) is 0 Å². The Bertz CT molecular complexity index is 3180. The maximum atomic E-state index is 15.7. The van der Waals surface area contributed by atoms with Crippen LogP contribution in [0.3, 0.4) is 0 Å². The number of amides is 6. The van der Waals surface area contributed by atoms with E-state index in [2.05, 4.69) is 10.6 Å². The van der Waals surface area contributed by atoms with Crippen molar-refractivity contribution in [3.8, 4) is 0 Å². The number of ether oxygens (including phenoxy) is 9. The van der Waals surface area contributed by atoms with Crippen LogP contribution in [-0.4, -0.2) is 204 Å². The van der Waals surface area contributed by atoms with Gasteiger partial charge >= 0.3 is 47.8 Å². The molecule has 0 radical (unpaired) electrons. The highest BCUT2D eigenvalue weighted by atomic mass is 127. The summed E-state index contributed by atoms with van der Waals surface area (Å²) in [6.45, 7) is 5.08. The topological polar surface area (TPSA) is 359 Å². The van der Waals surface area contributed by atoms with Crippen molar-refractivity contribution in [1.82, 2.24) is 20.4 Å². The third-order valence-corrected chi connectivity index (χ3v) is 18.7. The number of benzene rings is 3. The zero-order chi connectivity index (χ0) is 70.5. The van der Waals surface area contributed by atoms with Crippen molar-refractivity contribution in [3.63, 3.8) is 0 Å². The molecule has 0 saturated carbocycles. The summed E-state index contributed by atoms with van der Waals surface area (Å²) in [5.74, 6) is -11.6. The molecule has 0 saturated heterocycles. The Morgan fingerprint density at radius 2 is 0.688 bits per heavy atom. The van der Waals surface area contributed by atoms with Crippen molar-refractivity contribution >= 4 is 230 Å². The predicted molar refractivity (Wildman–Crippen MR) is 378 cm³/mol. The molecule has 0 spiro atoms. The van der Waals surface area contributed by atoms with Gasteiger partial charge in [0.2, 0.25) is 6.10 Å². The van der Waals surface area contributed by atoms with E-state index < -0.39 is 160 Å². The lowest BCUT2D eigenvalue weighted by molar-refractivity contribution is -0.156. The second-order valence-corrected chi connectivity index (χ2v) is 26.5. The standard InChI is InChI=1S/C58H66I6N6O23/c1-27(71)85-23-36(90-31(5)75)18-65-53(79)40-44(59)42(55(81)67(9)20-38(92-33(7)77)25-87-29(3)73)48(63)50(46(40)61)69(11)57(83)52(89-22-35-16-14-13-15-17-35)58(84)70(12)51-47(62)41(54(80)66-19-37(91-32(6)76)24-86-28(2)72)45(60)43(49(51)64)56(82)68(10)21-39(93-34(8)78)26-88-30(4)74/h13-17,36-39,52H,18-26H2,1-12H3,(H,65,79)(H,66,80). The molecule has 0 aromatic heterocycles. The summed E-state index contributed by atoms with van der Waals surface area (Å²) < 4.78 is 48.1. The minimum atomic E-state index is -2.16. The highest BCUT2D eigenvalue weighted by Gasteiger charge is 2.41. The smallest absolute Gasteiger partial charge is 0.303 e. The van der Waals surface area contributed by atoms with Crippen molar-refractivity contribution in [3.05, 3.63) is 79.6 Å². The molecule has 0 fully saturated rings. The van der Waals surface area contributed by atoms with Crippen LogP contribution in [0, 0.1) is 21.4 Å². The van der Waals surface area contributed by atoms with Crippen LogP contribution in [-0.2, 0) is 97.2 Å². The van der Waals surface area contributed by atoms with E-state index in [0.29, 0.717) is 5.56 Å². The summed E-state index contributed by atoms with van der Waals surface area (Å²) in [6, 6.07) is 8.38. The molecular formula is C58H66I6N6O23. The molecule has 93 heavy (non-hydrogen) atoms. The maximum absolute atomic E-state index is 15.7. The van der Waals surface area contributed by atoms with E-state index in [1.54, 1.807) is 166 Å². The largest absolute Gasteiger partial charge is 0.462 e. The molecular weight excluding hydrogens is 1910 g/mol. The summed E-state index contributed by atoms with van der Waals surface area (Å²) in [4.78, 5) is 191. The van der Waals surface area contributed by atoms with Crippen molar-refractivity contribution < 1.29 is 110 Å². The van der Waals surface area contributed by atoms with E-state index in [0.717, 1.165) is 75.0 Å². The van der Waals surface area contributed by atoms with Crippen molar-refractivity contribution in [2.75, 3.05) is 90.6 Å². The predicted octanol–water partition coefficient (Wildman–Crippen LogP) is 5.11. The highest BCUT2D eigenvalue weighted by Crippen LogP contribution is 2.41. The SMILES string of the molecule is CC(=O)OCC(CNC(=O)c1c(I)c(C(=O)N(C)CC(COC(C)=O)OC(C)=O)c(I)c(N(C)C(=O)C(OCc2ccccc2)C(=O)N(C)c2c(I)c(C(=O)NCC(COC(C)=O)OC(C)=O)c(I)c(C(=O)N(C)CC(COC(C)=O)OC(C)=O)c2I)c1I)OC(C)=O. The summed E-state index contributed by atoms with van der Waals surface area (Å²) in [5.41, 5.74) is -0.594. The first kappa shape index (κ1) is 81.8. The molecule has 0 bridgehead atoms. The third kappa shape index (κ3) is 24.9. The molecule has 0 aliphatic rings. The van der Waals surface area contributed by atoms with Crippen molar-refractivity contribution in [2.24, 2.45) is 0 Å². The number of esters is 8. The Morgan fingerprint density at radius 1 is 0.398 bits per heavy atom. The average Bonchev–Trinajstić information content (AvgIpc) is 0.760. The van der Waals surface area contributed by atoms with Gasteiger partial charge in [-0.25, -0.2) is 0 Å². The molecule has 508 valence electrons. The molecule has 3 aromatic carbocycles. The maximum Gasteiger partial charge on any atom is 0.303 e. The molecule has 4 unspecified atom stereocenters. The monoisotopic (exact) mass is 1980 g/mol. The molecule has 0 aliphatic carbocycles. The van der Waals surface area contributed by atoms with E-state index >= 15 is 9.59 Å². The van der Waals surface area contributed by atoms with Crippen LogP contribution in [0.1, 0.15) is 102 Å². The fourth-order valence-electron chi connectivity index (χ4n) is 8.28. The molecule has 29 nitrogen and oxygen atoms in total. The van der Waals surface area contributed by atoms with Gasteiger partial charge in [0.05, 0.1) is 80.7 Å². The first-order valence-electron chi connectivity index (χ1n) is 27.3. The van der Waals surface area contributed by atoms with Gasteiger partial charge in [-0.05, 0) is 141 Å². The molecule has 0 aliphatic heterocycles. The molecule has 3 aromatic rings. The van der Waals surface area contributed by atoms with Gasteiger partial charge in [-0.15, -0.1) is 0 Å². The number of likely N-dealkylation sites (N-methyl/N-ethyl adjacent to an activating group) is 4. The number of anilines is 2. The Labute approximate surface area is 616 Å². The first-order chi connectivity index (χ1) is 43.4. The fourth-order valence-corrected chi connectivity index (χ4v) is 18.0. The van der Waals surface area contributed by atoms with E-state index in [4.69, 9.17) is 42.6 Å². The van der Waals surface area contributed by atoms with Gasteiger partial charge in [0.15, 0.2) is 24.4 Å². The number of hydrogen-bond acceptors (Lipinski definition) is 23. The van der Waals surface area contributed by atoms with Gasteiger partial charge in [0.25, 0.3) is 35.4 Å². The number of nitrogens with zero attached hydrogens (tertiary/aromatic N) is 4. The van der Waals surface area contributed by atoms with Gasteiger partial charge in [0.1, 0.15) is 26.4 Å². The Hall–Kier alpha value is -5.42. The summed E-state index contributed by atoms with van der Waals surface area (Å²) >= 11 is 10.7. The van der Waals surface area contributed by atoms with Crippen LogP contribution in [0.2, 0.25) is 0 Å². The number of halogens is 6. The van der Waals surface area contributed by atoms with Gasteiger partial charge in [-0.3, -0.25) is 67.1 Å². The summed E-state index contributed by atoms with van der Waals surface area (Å²) in [6.07, 6.45) is -6.96. The van der Waals surface area contributed by atoms with E-state index in [-0.39, 0.29) is 68.1 Å². The zero-order valence-corrected chi connectivity index (χ0v) is 65.0. The zero-order valence-electron chi connectivity index (χ0n) is 52.1. The van der Waals surface area contributed by atoms with Gasteiger partial charge in [0, 0.05) is 90.7 Å². The molecule has 4 atom stereocenters. The average molecular weight is 1980 g/mol. The Morgan fingerprint density at radius 3 is 0.989 bits per heavy atom. The van der Waals surface area contributed by atoms with Crippen LogP contribution in [0.25, 0.3) is 0 Å². The lowest BCUT2D eigenvalue weighted by atomic mass is 10.0. The number of nitrogens with one attached hydrogen (secondary N) is 2. The molecule has 3 rings (SSSR count). The molecule has 0 heterocycles. The third-order valence-electron chi connectivity index (χ3n) is 12.4. The number of rotatable bonds is 31. The Balaban J connectivity index is 2.47. The second kappa shape index (κ2) is 39.0. The van der Waals surface area contributed by atoms with Gasteiger partial charge in [-0.1, -0.05) is 30.3 Å². The van der Waals surface area contributed by atoms with Gasteiger partial charge in [-0.2, -0.15) is 0 Å². The van der Waals surface area contributed by atoms with Crippen LogP contribution in [0.4, 0.5) is 11.4 Å². The molecule has 6 amide bonds. The quantitative estimate of drug-likeness (QED) is 0.0366. The molecule has 2 N–H and O–H groups in total. The lowest BCUT2D eigenvalue weighted by Crippen LogP contribution is -2.49. The van der Waals surface area contributed by atoms with Crippen molar-refractivity contribution in [1.29, 1.82) is 0 Å². The van der Waals surface area contributed by atoms with Crippen molar-refractivity contribution in [2.45, 2.75) is 92.5 Å². The molecule has 35 heteroatoms. The number of carbonyl (C=O) groups is 14. The normalized spacial score (nSPS) is 12.4. The van der Waals surface area contributed by atoms with E-state index in [1.165, 1.54) is 28.2 Å².